The van der Waals surface area contributed by atoms with Crippen molar-refractivity contribution in [3.8, 4) is 0 Å². The van der Waals surface area contributed by atoms with E-state index in [0.717, 1.165) is 15.6 Å². The summed E-state index contributed by atoms with van der Waals surface area (Å²) in [4.78, 5) is 21.2. The SMILES string of the molecule is CN=C1S/C(=C\c2cc3c(cc2C)N(C)C(C)(C)C=C3C)C(=O)N1C. The number of amidine groups is 1. The van der Waals surface area contributed by atoms with E-state index in [9.17, 15) is 4.79 Å². The fourth-order valence-electron chi connectivity index (χ4n) is 3.36. The molecule has 1 fully saturated rings. The van der Waals surface area contributed by atoms with E-state index in [1.54, 1.807) is 19.0 Å². The molecule has 0 unspecified atom stereocenters. The van der Waals surface area contributed by atoms with E-state index in [2.05, 4.69) is 62.8 Å². The molecule has 0 aromatic heterocycles. The van der Waals surface area contributed by atoms with Crippen LogP contribution in [0, 0.1) is 6.92 Å². The molecule has 1 saturated heterocycles. The molecule has 0 radical (unpaired) electrons. The smallest absolute Gasteiger partial charge is 0.266 e. The summed E-state index contributed by atoms with van der Waals surface area (Å²) in [7, 11) is 5.61. The van der Waals surface area contributed by atoms with Gasteiger partial charge in [-0.15, -0.1) is 0 Å². The quantitative estimate of drug-likeness (QED) is 0.710. The number of hydrogen-bond donors (Lipinski definition) is 0. The van der Waals surface area contributed by atoms with Gasteiger partial charge in [-0.2, -0.15) is 0 Å². The predicted molar refractivity (Wildman–Crippen MR) is 109 cm³/mol. The molecule has 0 saturated carbocycles. The van der Waals surface area contributed by atoms with Crippen LogP contribution in [0.15, 0.2) is 28.1 Å². The summed E-state index contributed by atoms with van der Waals surface area (Å²) >= 11 is 1.43. The highest BCUT2D eigenvalue weighted by atomic mass is 32.2. The second-order valence-electron chi connectivity index (χ2n) is 7.25. The van der Waals surface area contributed by atoms with Crippen molar-refractivity contribution in [2.45, 2.75) is 33.2 Å². The summed E-state index contributed by atoms with van der Waals surface area (Å²) in [6, 6.07) is 4.42. The van der Waals surface area contributed by atoms with E-state index >= 15 is 0 Å². The van der Waals surface area contributed by atoms with Crippen LogP contribution in [-0.4, -0.2) is 42.7 Å². The minimum Gasteiger partial charge on any atom is -0.365 e. The topological polar surface area (TPSA) is 35.9 Å². The molecule has 0 bridgehead atoms. The number of allylic oxidation sites excluding steroid dienone is 1. The number of hydrogen-bond acceptors (Lipinski definition) is 4. The summed E-state index contributed by atoms with van der Waals surface area (Å²) in [5, 5.41) is 0.740. The van der Waals surface area contributed by atoms with Crippen molar-refractivity contribution in [3.63, 3.8) is 0 Å². The molecule has 4 nitrogen and oxygen atoms in total. The number of rotatable bonds is 1. The Morgan fingerprint density at radius 3 is 2.48 bits per heavy atom. The maximum atomic E-state index is 12.4. The maximum Gasteiger partial charge on any atom is 0.266 e. The van der Waals surface area contributed by atoms with Gasteiger partial charge in [0.1, 0.15) is 0 Å². The summed E-state index contributed by atoms with van der Waals surface area (Å²) in [5.74, 6) is 0.00763. The van der Waals surface area contributed by atoms with Crippen LogP contribution in [0.3, 0.4) is 0 Å². The van der Waals surface area contributed by atoms with Crippen molar-refractivity contribution in [2.75, 3.05) is 26.0 Å². The van der Waals surface area contributed by atoms with Crippen molar-refractivity contribution in [1.82, 2.24) is 4.90 Å². The van der Waals surface area contributed by atoms with Gasteiger partial charge in [-0.25, -0.2) is 0 Å². The van der Waals surface area contributed by atoms with Crippen molar-refractivity contribution < 1.29 is 4.79 Å². The van der Waals surface area contributed by atoms with Crippen LogP contribution >= 0.6 is 11.8 Å². The number of carbonyl (C=O) groups excluding carboxylic acids is 1. The van der Waals surface area contributed by atoms with Gasteiger partial charge in [0.15, 0.2) is 5.17 Å². The van der Waals surface area contributed by atoms with Crippen LogP contribution in [0.1, 0.15) is 37.5 Å². The first kappa shape index (κ1) is 17.8. The van der Waals surface area contributed by atoms with Gasteiger partial charge in [-0.05, 0) is 74.4 Å². The number of anilines is 1. The molecule has 2 heterocycles. The molecule has 0 aliphatic carbocycles. The van der Waals surface area contributed by atoms with E-state index in [1.165, 1.54) is 34.1 Å². The fourth-order valence-corrected chi connectivity index (χ4v) is 4.28. The zero-order chi connectivity index (χ0) is 18.5. The lowest BCUT2D eigenvalue weighted by Crippen LogP contribution is -2.42. The Labute approximate surface area is 154 Å². The number of benzene rings is 1. The van der Waals surface area contributed by atoms with E-state index in [-0.39, 0.29) is 11.4 Å². The van der Waals surface area contributed by atoms with Crippen molar-refractivity contribution in [3.05, 3.63) is 39.8 Å². The zero-order valence-corrected chi connectivity index (χ0v) is 16.8. The first-order chi connectivity index (χ1) is 11.7. The maximum absolute atomic E-state index is 12.4. The van der Waals surface area contributed by atoms with Crippen LogP contribution in [0.4, 0.5) is 5.69 Å². The Hall–Kier alpha value is -2.01. The highest BCUT2D eigenvalue weighted by Crippen LogP contribution is 2.40. The first-order valence-corrected chi connectivity index (χ1v) is 9.20. The van der Waals surface area contributed by atoms with Crippen molar-refractivity contribution >= 4 is 40.2 Å². The van der Waals surface area contributed by atoms with Gasteiger partial charge in [0.2, 0.25) is 0 Å². The van der Waals surface area contributed by atoms with Crippen LogP contribution < -0.4 is 4.90 Å². The Balaban J connectivity index is 2.08. The van der Waals surface area contributed by atoms with Crippen molar-refractivity contribution in [2.24, 2.45) is 4.99 Å². The van der Waals surface area contributed by atoms with Gasteiger partial charge in [0, 0.05) is 32.4 Å². The average Bonchev–Trinajstić information content (AvgIpc) is 2.81. The Bertz CT molecular complexity index is 849. The van der Waals surface area contributed by atoms with E-state index < -0.39 is 0 Å². The number of thioether (sulfide) groups is 1. The molecule has 3 rings (SSSR count). The number of carbonyl (C=O) groups is 1. The molecule has 0 N–H and O–H groups in total. The fraction of sp³-hybridized carbons (Fsp3) is 0.400. The van der Waals surface area contributed by atoms with Gasteiger partial charge in [-0.3, -0.25) is 14.7 Å². The number of aryl methyl sites for hydroxylation is 1. The molecule has 5 heteroatoms. The molecule has 0 atom stereocenters. The minimum absolute atomic E-state index is 0.00399. The lowest BCUT2D eigenvalue weighted by Gasteiger charge is -2.41. The average molecular weight is 356 g/mol. The van der Waals surface area contributed by atoms with E-state index in [1.807, 2.05) is 6.08 Å². The number of aliphatic imine (C=N–C) groups is 1. The third-order valence-corrected chi connectivity index (χ3v) is 6.24. The van der Waals surface area contributed by atoms with Crippen LogP contribution in [-0.2, 0) is 4.79 Å². The second-order valence-corrected chi connectivity index (χ2v) is 8.26. The standard InChI is InChI=1S/C20H25N3OS/c1-12-8-16-15(13(2)11-20(3,4)23(16)7)9-14(12)10-17-18(24)22(6)19(21-5)25-17/h8-11H,1-7H3/b17-10-,21-19?. The molecule has 1 aromatic carbocycles. The van der Waals surface area contributed by atoms with Gasteiger partial charge in [-0.1, -0.05) is 6.08 Å². The largest absolute Gasteiger partial charge is 0.365 e. The van der Waals surface area contributed by atoms with E-state index in [0.29, 0.717) is 0 Å². The lowest BCUT2D eigenvalue weighted by molar-refractivity contribution is -0.121. The van der Waals surface area contributed by atoms with Gasteiger partial charge in [0.25, 0.3) is 5.91 Å². The number of fused-ring (bicyclic) bond motifs is 1. The molecule has 2 aliphatic heterocycles. The normalized spacial score (nSPS) is 22.7. The van der Waals surface area contributed by atoms with Crippen LogP contribution in [0.5, 0.6) is 0 Å². The third kappa shape index (κ3) is 2.91. The summed E-state index contributed by atoms with van der Waals surface area (Å²) in [5.41, 5.74) is 5.99. The van der Waals surface area contributed by atoms with Gasteiger partial charge < -0.3 is 4.90 Å². The molecular formula is C20H25N3OS. The number of likely N-dealkylation sites (N-methyl/N-ethyl adjacent to an activating group) is 2. The highest BCUT2D eigenvalue weighted by molar-refractivity contribution is 8.18. The molecule has 1 amide bonds. The van der Waals surface area contributed by atoms with Gasteiger partial charge >= 0.3 is 0 Å². The van der Waals surface area contributed by atoms with Crippen molar-refractivity contribution in [1.29, 1.82) is 0 Å². The summed E-state index contributed by atoms with van der Waals surface area (Å²) in [6.07, 6.45) is 4.29. The molecule has 0 spiro atoms. The number of nitrogens with zero attached hydrogens (tertiary/aromatic N) is 3. The predicted octanol–water partition coefficient (Wildman–Crippen LogP) is 4.16. The monoisotopic (exact) mass is 355 g/mol. The molecule has 132 valence electrons. The first-order valence-electron chi connectivity index (χ1n) is 8.38. The Morgan fingerprint density at radius 1 is 1.20 bits per heavy atom. The molecular weight excluding hydrogens is 330 g/mol. The third-order valence-electron chi connectivity index (χ3n) is 5.09. The van der Waals surface area contributed by atoms with Crippen LogP contribution in [0.25, 0.3) is 11.6 Å². The van der Waals surface area contributed by atoms with E-state index in [4.69, 9.17) is 0 Å². The molecule has 1 aromatic rings. The zero-order valence-electron chi connectivity index (χ0n) is 16.0. The molecule has 2 aliphatic rings. The summed E-state index contributed by atoms with van der Waals surface area (Å²) in [6.45, 7) is 8.70. The highest BCUT2D eigenvalue weighted by Gasteiger charge is 2.31. The number of amides is 1. The summed E-state index contributed by atoms with van der Waals surface area (Å²) < 4.78 is 0. The van der Waals surface area contributed by atoms with Gasteiger partial charge in [0.05, 0.1) is 10.4 Å². The minimum atomic E-state index is -0.00399. The van der Waals surface area contributed by atoms with Crippen LogP contribution in [0.2, 0.25) is 0 Å². The lowest BCUT2D eigenvalue weighted by atomic mass is 9.87. The molecule has 25 heavy (non-hydrogen) atoms. The Kier molecular flexibility index (Phi) is 4.31. The Morgan fingerprint density at radius 2 is 1.88 bits per heavy atom. The second kappa shape index (κ2) is 6.06.